The van der Waals surface area contributed by atoms with E-state index in [0.29, 0.717) is 6.61 Å². The van der Waals surface area contributed by atoms with Crippen LogP contribution in [0, 0.1) is 6.92 Å². The van der Waals surface area contributed by atoms with E-state index in [1.165, 1.54) is 5.56 Å². The van der Waals surface area contributed by atoms with E-state index in [9.17, 15) is 0 Å². The number of halogens is 2. The number of aryl methyl sites for hydroxylation is 1. The van der Waals surface area contributed by atoms with Crippen LogP contribution in [-0.4, -0.2) is 4.98 Å². The molecule has 5 heteroatoms. The van der Waals surface area contributed by atoms with Gasteiger partial charge in [-0.3, -0.25) is 0 Å². The molecule has 17 heavy (non-hydrogen) atoms. The Labute approximate surface area is 121 Å². The second-order valence-electron chi connectivity index (χ2n) is 3.56. The fourth-order valence-electron chi connectivity index (χ4n) is 1.36. The van der Waals surface area contributed by atoms with Crippen molar-refractivity contribution in [2.24, 2.45) is 0 Å². The minimum absolute atomic E-state index is 0.530. The van der Waals surface area contributed by atoms with Crippen LogP contribution in [-0.2, 0) is 11.9 Å². The Hall–Kier alpha value is -0.390. The lowest BCUT2D eigenvalue weighted by molar-refractivity contribution is 0.305. The number of hydrogen-bond acceptors (Lipinski definition) is 3. The molecule has 0 radical (unpaired) electrons. The summed E-state index contributed by atoms with van der Waals surface area (Å²) < 4.78 is 6.80. The molecule has 0 fully saturated rings. The second-order valence-corrected chi connectivity index (χ2v) is 5.92. The van der Waals surface area contributed by atoms with Crippen LogP contribution in [0.1, 0.15) is 16.3 Å². The molecule has 90 valence electrons. The van der Waals surface area contributed by atoms with Crippen LogP contribution >= 0.6 is 43.2 Å². The van der Waals surface area contributed by atoms with E-state index in [1.54, 1.807) is 11.3 Å². The zero-order valence-corrected chi connectivity index (χ0v) is 13.2. The van der Waals surface area contributed by atoms with Gasteiger partial charge < -0.3 is 4.74 Å². The Balaban J connectivity index is 2.04. The van der Waals surface area contributed by atoms with Gasteiger partial charge in [0.15, 0.2) is 0 Å². The van der Waals surface area contributed by atoms with Gasteiger partial charge in [-0.15, -0.1) is 11.3 Å². The highest BCUT2D eigenvalue weighted by molar-refractivity contribution is 9.10. The summed E-state index contributed by atoms with van der Waals surface area (Å²) in [6, 6.07) is 5.98. The molecular weight excluding hydrogens is 366 g/mol. The quantitative estimate of drug-likeness (QED) is 0.722. The molecule has 0 bridgehead atoms. The van der Waals surface area contributed by atoms with Crippen molar-refractivity contribution in [1.82, 2.24) is 4.98 Å². The molecule has 2 rings (SSSR count). The second kappa shape index (κ2) is 5.98. The molecule has 2 nitrogen and oxygen atoms in total. The fraction of sp³-hybridized carbons (Fsp3) is 0.250. The molecule has 0 atom stereocenters. The van der Waals surface area contributed by atoms with Crippen LogP contribution in [0.4, 0.5) is 0 Å². The molecular formula is C12H11Br2NOS. The largest absolute Gasteiger partial charge is 0.486 e. The van der Waals surface area contributed by atoms with Crippen molar-refractivity contribution in [3.63, 3.8) is 0 Å². The van der Waals surface area contributed by atoms with Crippen LogP contribution in [0.3, 0.4) is 0 Å². The van der Waals surface area contributed by atoms with Gasteiger partial charge in [0, 0.05) is 20.9 Å². The number of hydrogen-bond donors (Lipinski definition) is 0. The van der Waals surface area contributed by atoms with Gasteiger partial charge >= 0.3 is 0 Å². The van der Waals surface area contributed by atoms with Crippen LogP contribution in [0.25, 0.3) is 0 Å². The summed E-state index contributed by atoms with van der Waals surface area (Å²) in [7, 11) is 0. The summed E-state index contributed by atoms with van der Waals surface area (Å²) in [6.45, 7) is 2.52. The summed E-state index contributed by atoms with van der Waals surface area (Å²) in [4.78, 5) is 4.36. The van der Waals surface area contributed by atoms with Crippen molar-refractivity contribution in [1.29, 1.82) is 0 Å². The first kappa shape index (κ1) is 13.1. The molecule has 0 amide bonds. The Morgan fingerprint density at radius 2 is 2.24 bits per heavy atom. The van der Waals surface area contributed by atoms with E-state index in [1.807, 2.05) is 30.5 Å². The molecule has 1 aromatic heterocycles. The highest BCUT2D eigenvalue weighted by atomic mass is 79.9. The number of nitrogens with zero attached hydrogens (tertiary/aromatic N) is 1. The molecule has 1 heterocycles. The average molecular weight is 377 g/mol. The van der Waals surface area contributed by atoms with Gasteiger partial charge in [0.05, 0.1) is 0 Å². The van der Waals surface area contributed by atoms with E-state index in [2.05, 4.69) is 36.8 Å². The van der Waals surface area contributed by atoms with Crippen molar-refractivity contribution in [3.05, 3.63) is 44.3 Å². The Kier molecular flexibility index (Phi) is 4.59. The monoisotopic (exact) mass is 375 g/mol. The topological polar surface area (TPSA) is 22.1 Å². The minimum atomic E-state index is 0.530. The fourth-order valence-corrected chi connectivity index (χ4v) is 3.27. The minimum Gasteiger partial charge on any atom is -0.486 e. The Morgan fingerprint density at radius 3 is 2.88 bits per heavy atom. The first-order valence-electron chi connectivity index (χ1n) is 5.07. The molecule has 0 spiro atoms. The first-order valence-corrected chi connectivity index (χ1v) is 7.86. The molecule has 1 aromatic carbocycles. The van der Waals surface area contributed by atoms with Crippen molar-refractivity contribution in [3.8, 4) is 5.75 Å². The molecule has 0 saturated heterocycles. The molecule has 0 aliphatic carbocycles. The van der Waals surface area contributed by atoms with Gasteiger partial charge in [-0.1, -0.05) is 31.9 Å². The van der Waals surface area contributed by atoms with Crippen molar-refractivity contribution < 1.29 is 4.74 Å². The number of rotatable bonds is 4. The maximum atomic E-state index is 5.71. The number of aromatic nitrogens is 1. The van der Waals surface area contributed by atoms with Crippen molar-refractivity contribution in [2.75, 3.05) is 0 Å². The normalized spacial score (nSPS) is 10.5. The highest BCUT2D eigenvalue weighted by Crippen LogP contribution is 2.25. The van der Waals surface area contributed by atoms with Gasteiger partial charge in [0.2, 0.25) is 0 Å². The van der Waals surface area contributed by atoms with Crippen molar-refractivity contribution in [2.45, 2.75) is 18.9 Å². The predicted octanol–water partition coefficient (Wildman–Crippen LogP) is 4.69. The first-order chi connectivity index (χ1) is 8.19. The van der Waals surface area contributed by atoms with Crippen LogP contribution < -0.4 is 4.74 Å². The maximum Gasteiger partial charge on any atom is 0.140 e. The molecule has 0 aliphatic heterocycles. The third kappa shape index (κ3) is 3.53. The Bertz CT molecular complexity index is 513. The van der Waals surface area contributed by atoms with Crippen LogP contribution in [0.5, 0.6) is 5.75 Å². The summed E-state index contributed by atoms with van der Waals surface area (Å²) in [5.41, 5.74) is 2.23. The lowest BCUT2D eigenvalue weighted by Crippen LogP contribution is -1.95. The smallest absolute Gasteiger partial charge is 0.140 e. The van der Waals surface area contributed by atoms with Crippen LogP contribution in [0.15, 0.2) is 28.1 Å². The van der Waals surface area contributed by atoms with Gasteiger partial charge in [0.25, 0.3) is 0 Å². The lowest BCUT2D eigenvalue weighted by atomic mass is 10.2. The lowest BCUT2D eigenvalue weighted by Gasteiger charge is -2.07. The van der Waals surface area contributed by atoms with E-state index < -0.39 is 0 Å². The third-order valence-electron chi connectivity index (χ3n) is 2.19. The Morgan fingerprint density at radius 1 is 1.41 bits per heavy atom. The van der Waals surface area contributed by atoms with Gasteiger partial charge in [0.1, 0.15) is 17.4 Å². The van der Waals surface area contributed by atoms with Crippen molar-refractivity contribution >= 4 is 43.2 Å². The van der Waals surface area contributed by atoms with E-state index in [0.717, 1.165) is 26.3 Å². The zero-order valence-electron chi connectivity index (χ0n) is 9.24. The standard InChI is InChI=1S/C12H11Br2NOS/c1-8-7-17-12(15-8)6-16-10-2-3-11(14)9(4-10)5-13/h2-4,7H,5-6H2,1H3. The molecule has 0 N–H and O–H groups in total. The SMILES string of the molecule is Cc1csc(COc2ccc(Br)c(CBr)c2)n1. The molecule has 2 aromatic rings. The number of thiazole rings is 1. The van der Waals surface area contributed by atoms with Crippen LogP contribution in [0.2, 0.25) is 0 Å². The third-order valence-corrected chi connectivity index (χ3v) is 4.51. The van der Waals surface area contributed by atoms with Gasteiger partial charge in [-0.25, -0.2) is 4.98 Å². The van der Waals surface area contributed by atoms with E-state index in [4.69, 9.17) is 4.74 Å². The average Bonchev–Trinajstić information content (AvgIpc) is 2.74. The van der Waals surface area contributed by atoms with Gasteiger partial charge in [-0.2, -0.15) is 0 Å². The summed E-state index contributed by atoms with van der Waals surface area (Å²) >= 11 is 8.57. The maximum absolute atomic E-state index is 5.71. The van der Waals surface area contributed by atoms with E-state index in [-0.39, 0.29) is 0 Å². The molecule has 0 aliphatic rings. The predicted molar refractivity (Wildman–Crippen MR) is 78.0 cm³/mol. The molecule has 0 saturated carbocycles. The van der Waals surface area contributed by atoms with Gasteiger partial charge in [-0.05, 0) is 30.7 Å². The van der Waals surface area contributed by atoms with E-state index >= 15 is 0 Å². The number of alkyl halides is 1. The number of ether oxygens (including phenoxy) is 1. The summed E-state index contributed by atoms with van der Waals surface area (Å²) in [6.07, 6.45) is 0. The summed E-state index contributed by atoms with van der Waals surface area (Å²) in [5, 5.41) is 3.84. The zero-order chi connectivity index (χ0) is 12.3. The summed E-state index contributed by atoms with van der Waals surface area (Å²) in [5.74, 6) is 0.871. The number of benzene rings is 1. The highest BCUT2D eigenvalue weighted by Gasteiger charge is 2.03. The molecule has 0 unspecified atom stereocenters.